The number of aromatic nitrogens is 1. The van der Waals surface area contributed by atoms with Crippen molar-refractivity contribution < 1.29 is 4.79 Å². The lowest BCUT2D eigenvalue weighted by atomic mass is 10.2. The van der Waals surface area contributed by atoms with Gasteiger partial charge in [-0.2, -0.15) is 0 Å². The van der Waals surface area contributed by atoms with Crippen LogP contribution < -0.4 is 10.2 Å². The van der Waals surface area contributed by atoms with Gasteiger partial charge in [0.05, 0.1) is 10.2 Å². The maximum atomic E-state index is 12.6. The number of likely N-dealkylation sites (tertiary alicyclic amines) is 1. The Hall–Kier alpha value is -1.86. The highest BCUT2D eigenvalue weighted by atomic mass is 32.1. The number of nitrogens with zero attached hydrogens (tertiary/aromatic N) is 4. The van der Waals surface area contributed by atoms with Crippen molar-refractivity contribution in [2.45, 2.75) is 32.4 Å². The molecule has 26 heavy (non-hydrogen) atoms. The normalized spacial score (nSPS) is 21.7. The van der Waals surface area contributed by atoms with Crippen LogP contribution in [0.2, 0.25) is 0 Å². The van der Waals surface area contributed by atoms with Gasteiger partial charge < -0.3 is 15.1 Å². The van der Waals surface area contributed by atoms with E-state index < -0.39 is 0 Å². The summed E-state index contributed by atoms with van der Waals surface area (Å²) in [6.07, 6.45) is 1.05. The molecule has 7 heteroatoms. The Labute approximate surface area is 158 Å². The molecule has 0 spiro atoms. The van der Waals surface area contributed by atoms with Crippen LogP contribution >= 0.6 is 11.3 Å². The predicted octanol–water partition coefficient (Wildman–Crippen LogP) is 2.61. The van der Waals surface area contributed by atoms with Gasteiger partial charge in [0.1, 0.15) is 0 Å². The smallest absolute Gasteiger partial charge is 0.317 e. The molecule has 2 aliphatic rings. The Balaban J connectivity index is 1.30. The van der Waals surface area contributed by atoms with Gasteiger partial charge in [-0.05, 0) is 32.4 Å². The lowest BCUT2D eigenvalue weighted by Crippen LogP contribution is -2.54. The molecule has 6 nitrogen and oxygen atoms in total. The molecule has 0 bridgehead atoms. The van der Waals surface area contributed by atoms with Crippen molar-refractivity contribution in [3.05, 3.63) is 24.3 Å². The highest BCUT2D eigenvalue weighted by molar-refractivity contribution is 7.22. The number of fused-ring (bicyclic) bond motifs is 1. The third kappa shape index (κ3) is 3.64. The van der Waals surface area contributed by atoms with E-state index in [4.69, 9.17) is 4.98 Å². The zero-order valence-corrected chi connectivity index (χ0v) is 16.3. The van der Waals surface area contributed by atoms with Crippen molar-refractivity contribution in [1.29, 1.82) is 0 Å². The number of anilines is 1. The van der Waals surface area contributed by atoms with Crippen molar-refractivity contribution in [3.8, 4) is 0 Å². The Kier molecular flexibility index (Phi) is 5.00. The number of hydrogen-bond acceptors (Lipinski definition) is 5. The van der Waals surface area contributed by atoms with Crippen LogP contribution in [0.3, 0.4) is 0 Å². The second-order valence-corrected chi connectivity index (χ2v) is 8.47. The number of rotatable bonds is 3. The van der Waals surface area contributed by atoms with Crippen molar-refractivity contribution >= 4 is 32.7 Å². The molecule has 1 N–H and O–H groups in total. The van der Waals surface area contributed by atoms with Crippen LogP contribution in [0.4, 0.5) is 9.93 Å². The van der Waals surface area contributed by atoms with Gasteiger partial charge in [0.25, 0.3) is 0 Å². The molecular weight excluding hydrogens is 346 g/mol. The van der Waals surface area contributed by atoms with E-state index in [2.05, 4.69) is 47.2 Å². The topological polar surface area (TPSA) is 51.7 Å². The van der Waals surface area contributed by atoms with Crippen molar-refractivity contribution in [2.75, 3.05) is 44.2 Å². The van der Waals surface area contributed by atoms with E-state index >= 15 is 0 Å². The summed E-state index contributed by atoms with van der Waals surface area (Å²) in [6, 6.07) is 9.17. The summed E-state index contributed by atoms with van der Waals surface area (Å²) in [7, 11) is 0. The summed E-state index contributed by atoms with van der Waals surface area (Å²) in [4.78, 5) is 24.0. The summed E-state index contributed by atoms with van der Waals surface area (Å²) < 4.78 is 1.22. The third-order valence-corrected chi connectivity index (χ3v) is 6.49. The number of benzene rings is 1. The number of amides is 2. The van der Waals surface area contributed by atoms with E-state index in [1.54, 1.807) is 11.3 Å². The lowest BCUT2D eigenvalue weighted by molar-refractivity contribution is 0.189. The number of para-hydroxylation sites is 1. The number of hydrogen-bond donors (Lipinski definition) is 1. The average molecular weight is 374 g/mol. The first kappa shape index (κ1) is 17.5. The Morgan fingerprint density at radius 3 is 2.65 bits per heavy atom. The second-order valence-electron chi connectivity index (χ2n) is 7.46. The van der Waals surface area contributed by atoms with Gasteiger partial charge >= 0.3 is 6.03 Å². The van der Waals surface area contributed by atoms with Gasteiger partial charge in [0.2, 0.25) is 0 Å². The fraction of sp³-hybridized carbons (Fsp3) is 0.579. The molecule has 1 atom stereocenters. The SMILES string of the molecule is CC(C)N1CCC(NC(=O)N2CCN(c3nc4ccccc4s3)CC2)C1. The molecule has 3 heterocycles. The first-order valence-electron chi connectivity index (χ1n) is 9.50. The van der Waals surface area contributed by atoms with Gasteiger partial charge in [-0.1, -0.05) is 23.5 Å². The second kappa shape index (κ2) is 7.40. The molecule has 1 aromatic carbocycles. The number of urea groups is 1. The molecule has 1 unspecified atom stereocenters. The average Bonchev–Trinajstić information content (AvgIpc) is 3.28. The molecule has 2 aliphatic heterocycles. The van der Waals surface area contributed by atoms with Gasteiger partial charge in [-0.15, -0.1) is 0 Å². The van der Waals surface area contributed by atoms with E-state index in [-0.39, 0.29) is 12.1 Å². The van der Waals surface area contributed by atoms with E-state index in [1.165, 1.54) is 4.70 Å². The van der Waals surface area contributed by atoms with E-state index in [1.807, 2.05) is 11.0 Å². The minimum atomic E-state index is 0.0876. The van der Waals surface area contributed by atoms with Crippen LogP contribution in [0.1, 0.15) is 20.3 Å². The molecule has 2 fully saturated rings. The fourth-order valence-corrected chi connectivity index (χ4v) is 4.75. The fourth-order valence-electron chi connectivity index (χ4n) is 3.74. The Morgan fingerprint density at radius 2 is 1.96 bits per heavy atom. The quantitative estimate of drug-likeness (QED) is 0.899. The van der Waals surface area contributed by atoms with E-state index in [9.17, 15) is 4.79 Å². The molecule has 0 saturated carbocycles. The number of carbonyl (C=O) groups is 1. The van der Waals surface area contributed by atoms with E-state index in [0.717, 1.165) is 56.3 Å². The molecule has 1 aromatic heterocycles. The molecule has 0 radical (unpaired) electrons. The first-order valence-corrected chi connectivity index (χ1v) is 10.3. The number of nitrogens with one attached hydrogen (secondary N) is 1. The zero-order valence-electron chi connectivity index (χ0n) is 15.5. The summed E-state index contributed by atoms with van der Waals surface area (Å²) in [5.74, 6) is 0. The Bertz CT molecular complexity index is 735. The molecule has 2 aromatic rings. The van der Waals surface area contributed by atoms with Gasteiger partial charge in [-0.25, -0.2) is 9.78 Å². The minimum absolute atomic E-state index is 0.0876. The van der Waals surface area contributed by atoms with Crippen molar-refractivity contribution in [2.24, 2.45) is 0 Å². The molecule has 4 rings (SSSR count). The first-order chi connectivity index (χ1) is 12.6. The van der Waals surface area contributed by atoms with Gasteiger partial charge in [0.15, 0.2) is 5.13 Å². The third-order valence-electron chi connectivity index (χ3n) is 5.40. The maximum Gasteiger partial charge on any atom is 0.317 e. The van der Waals surface area contributed by atoms with Gasteiger partial charge in [-0.3, -0.25) is 4.90 Å². The zero-order chi connectivity index (χ0) is 18.1. The van der Waals surface area contributed by atoms with Crippen LogP contribution in [0.15, 0.2) is 24.3 Å². The largest absolute Gasteiger partial charge is 0.345 e. The van der Waals surface area contributed by atoms with Crippen molar-refractivity contribution in [1.82, 2.24) is 20.1 Å². The highest BCUT2D eigenvalue weighted by Gasteiger charge is 2.28. The molecule has 140 valence electrons. The monoisotopic (exact) mass is 373 g/mol. The van der Waals surface area contributed by atoms with Crippen LogP contribution in [-0.4, -0.2) is 72.2 Å². The Morgan fingerprint density at radius 1 is 1.19 bits per heavy atom. The van der Waals surface area contributed by atoms with Crippen LogP contribution in [0.5, 0.6) is 0 Å². The van der Waals surface area contributed by atoms with Crippen molar-refractivity contribution in [3.63, 3.8) is 0 Å². The minimum Gasteiger partial charge on any atom is -0.345 e. The molecule has 2 saturated heterocycles. The molecule has 0 aliphatic carbocycles. The standard InChI is InChI=1S/C19H27N5OS/c1-14(2)24-8-7-15(13-24)20-18(25)22-9-11-23(12-10-22)19-21-16-5-3-4-6-17(16)26-19/h3-6,14-15H,7-13H2,1-2H3,(H,20,25). The molecular formula is C19H27N5OS. The van der Waals surface area contributed by atoms with E-state index in [0.29, 0.717) is 6.04 Å². The predicted molar refractivity (Wildman–Crippen MR) is 107 cm³/mol. The maximum absolute atomic E-state index is 12.6. The van der Waals surface area contributed by atoms with Crippen LogP contribution in [0.25, 0.3) is 10.2 Å². The summed E-state index contributed by atoms with van der Waals surface area (Å²) >= 11 is 1.73. The van der Waals surface area contributed by atoms with Crippen LogP contribution in [-0.2, 0) is 0 Å². The summed E-state index contributed by atoms with van der Waals surface area (Å²) in [5.41, 5.74) is 1.06. The van der Waals surface area contributed by atoms with Crippen LogP contribution in [0, 0.1) is 0 Å². The van der Waals surface area contributed by atoms with Gasteiger partial charge in [0, 0.05) is 51.4 Å². The summed E-state index contributed by atoms with van der Waals surface area (Å²) in [5, 5.41) is 4.29. The number of piperazine rings is 1. The lowest BCUT2D eigenvalue weighted by Gasteiger charge is -2.35. The summed E-state index contributed by atoms with van der Waals surface area (Å²) in [6.45, 7) is 9.66. The number of thiazole rings is 1. The highest BCUT2D eigenvalue weighted by Crippen LogP contribution is 2.29. The number of carbonyl (C=O) groups excluding carboxylic acids is 1. The molecule has 2 amide bonds.